The molecule has 1 saturated heterocycles. The largest absolute Gasteiger partial charge is 0.447 e. The summed E-state index contributed by atoms with van der Waals surface area (Å²) >= 11 is 5.67. The lowest BCUT2D eigenvalue weighted by molar-refractivity contribution is -0.00405. The Hall–Kier alpha value is -2.26. The zero-order chi connectivity index (χ0) is 18.7. The summed E-state index contributed by atoms with van der Waals surface area (Å²) in [6.07, 6.45) is 2.80. The Bertz CT molecular complexity index is 751. The molecule has 0 aliphatic carbocycles. The number of aromatic nitrogens is 4. The lowest BCUT2D eigenvalue weighted by atomic mass is 10.3. The first-order chi connectivity index (χ1) is 12.4. The SMILES string of the molecule is CC(C)OC(=O)N1CCC(OC(C)c2noc(-c3cnc(Cl)nc3)n2)C1. The summed E-state index contributed by atoms with van der Waals surface area (Å²) in [4.78, 5) is 25.7. The van der Waals surface area contributed by atoms with Crippen molar-refractivity contribution in [2.24, 2.45) is 0 Å². The van der Waals surface area contributed by atoms with Crippen LogP contribution >= 0.6 is 11.6 Å². The molecule has 1 amide bonds. The van der Waals surface area contributed by atoms with E-state index in [1.165, 1.54) is 12.4 Å². The second-order valence-electron chi connectivity index (χ2n) is 6.27. The smallest absolute Gasteiger partial charge is 0.410 e. The first-order valence-corrected chi connectivity index (χ1v) is 8.72. The molecule has 0 spiro atoms. The van der Waals surface area contributed by atoms with Crippen LogP contribution in [0.5, 0.6) is 0 Å². The van der Waals surface area contributed by atoms with Gasteiger partial charge in [0.1, 0.15) is 6.10 Å². The molecule has 3 rings (SSSR count). The van der Waals surface area contributed by atoms with E-state index < -0.39 is 0 Å². The molecule has 1 aliphatic heterocycles. The van der Waals surface area contributed by atoms with Crippen molar-refractivity contribution in [3.63, 3.8) is 0 Å². The first kappa shape index (κ1) is 18.5. The van der Waals surface area contributed by atoms with Gasteiger partial charge >= 0.3 is 6.09 Å². The Kier molecular flexibility index (Phi) is 5.67. The van der Waals surface area contributed by atoms with Gasteiger partial charge in [-0.15, -0.1) is 0 Å². The summed E-state index contributed by atoms with van der Waals surface area (Å²) in [7, 11) is 0. The average molecular weight is 382 g/mol. The van der Waals surface area contributed by atoms with Gasteiger partial charge in [-0.05, 0) is 38.8 Å². The Labute approximate surface area is 155 Å². The molecule has 26 heavy (non-hydrogen) atoms. The van der Waals surface area contributed by atoms with Crippen molar-refractivity contribution in [2.75, 3.05) is 13.1 Å². The second kappa shape index (κ2) is 7.96. The maximum Gasteiger partial charge on any atom is 0.410 e. The molecular formula is C16H20ClN5O4. The topological polar surface area (TPSA) is 103 Å². The molecule has 0 radical (unpaired) electrons. The number of carbonyl (C=O) groups excluding carboxylic acids is 1. The molecule has 1 fully saturated rings. The van der Waals surface area contributed by atoms with Crippen LogP contribution in [0.1, 0.15) is 39.1 Å². The Morgan fingerprint density at radius 3 is 2.77 bits per heavy atom. The summed E-state index contributed by atoms with van der Waals surface area (Å²) in [5, 5.41) is 4.09. The van der Waals surface area contributed by atoms with Gasteiger partial charge in [0.25, 0.3) is 5.89 Å². The molecule has 0 saturated carbocycles. The molecule has 140 valence electrons. The van der Waals surface area contributed by atoms with E-state index in [1.54, 1.807) is 4.90 Å². The minimum Gasteiger partial charge on any atom is -0.447 e. The zero-order valence-corrected chi connectivity index (χ0v) is 15.5. The number of likely N-dealkylation sites (tertiary alicyclic amines) is 1. The van der Waals surface area contributed by atoms with Crippen molar-refractivity contribution in [3.8, 4) is 11.5 Å². The van der Waals surface area contributed by atoms with Gasteiger partial charge < -0.3 is 18.9 Å². The van der Waals surface area contributed by atoms with Crippen molar-refractivity contribution in [1.82, 2.24) is 25.0 Å². The van der Waals surface area contributed by atoms with Crippen LogP contribution < -0.4 is 0 Å². The molecule has 0 aromatic carbocycles. The fourth-order valence-corrected chi connectivity index (χ4v) is 2.67. The fraction of sp³-hybridized carbons (Fsp3) is 0.562. The fourth-order valence-electron chi connectivity index (χ4n) is 2.57. The van der Waals surface area contributed by atoms with Crippen LogP contribution in [0.3, 0.4) is 0 Å². The van der Waals surface area contributed by atoms with Crippen molar-refractivity contribution in [2.45, 2.75) is 45.5 Å². The van der Waals surface area contributed by atoms with E-state index >= 15 is 0 Å². The second-order valence-corrected chi connectivity index (χ2v) is 6.60. The third-order valence-electron chi connectivity index (χ3n) is 3.81. The Morgan fingerprint density at radius 1 is 1.35 bits per heavy atom. The quantitative estimate of drug-likeness (QED) is 0.728. The summed E-state index contributed by atoms with van der Waals surface area (Å²) in [6.45, 7) is 6.56. The third-order valence-corrected chi connectivity index (χ3v) is 4.00. The monoisotopic (exact) mass is 381 g/mol. The van der Waals surface area contributed by atoms with Crippen LogP contribution in [0.4, 0.5) is 4.79 Å². The molecule has 0 N–H and O–H groups in total. The predicted octanol–water partition coefficient (Wildman–Crippen LogP) is 2.88. The van der Waals surface area contributed by atoms with E-state index in [4.69, 9.17) is 25.6 Å². The Balaban J connectivity index is 1.57. The molecule has 1 aliphatic rings. The first-order valence-electron chi connectivity index (χ1n) is 8.35. The number of rotatable bonds is 5. The highest BCUT2D eigenvalue weighted by Gasteiger charge is 2.30. The number of nitrogens with zero attached hydrogens (tertiary/aromatic N) is 5. The van der Waals surface area contributed by atoms with Crippen LogP contribution in [0.2, 0.25) is 5.28 Å². The van der Waals surface area contributed by atoms with E-state index in [0.717, 1.165) is 6.42 Å². The van der Waals surface area contributed by atoms with Crippen molar-refractivity contribution >= 4 is 17.7 Å². The van der Waals surface area contributed by atoms with E-state index in [1.807, 2.05) is 20.8 Å². The normalized spacial score (nSPS) is 18.3. The van der Waals surface area contributed by atoms with Gasteiger partial charge in [-0.3, -0.25) is 0 Å². The molecule has 2 aromatic rings. The van der Waals surface area contributed by atoms with Gasteiger partial charge in [-0.1, -0.05) is 5.16 Å². The third kappa shape index (κ3) is 4.47. The van der Waals surface area contributed by atoms with Crippen LogP contribution in [-0.4, -0.2) is 56.4 Å². The zero-order valence-electron chi connectivity index (χ0n) is 14.8. The lowest BCUT2D eigenvalue weighted by Gasteiger charge is -2.19. The standard InChI is InChI=1S/C16H20ClN5O4/c1-9(2)24-16(23)22-5-4-12(8-22)25-10(3)13-20-14(26-21-13)11-6-18-15(17)19-7-11/h6-7,9-10,12H,4-5,8H2,1-3H3. The highest BCUT2D eigenvalue weighted by molar-refractivity contribution is 6.28. The van der Waals surface area contributed by atoms with Crippen molar-refractivity contribution in [1.29, 1.82) is 0 Å². The highest BCUT2D eigenvalue weighted by atomic mass is 35.5. The van der Waals surface area contributed by atoms with Crippen LogP contribution in [0, 0.1) is 0 Å². The molecule has 0 bridgehead atoms. The average Bonchev–Trinajstić information content (AvgIpc) is 3.24. The number of hydrogen-bond donors (Lipinski definition) is 0. The lowest BCUT2D eigenvalue weighted by Crippen LogP contribution is -2.32. The molecular weight excluding hydrogens is 362 g/mol. The van der Waals surface area contributed by atoms with Crippen molar-refractivity contribution < 1.29 is 18.8 Å². The summed E-state index contributed by atoms with van der Waals surface area (Å²) in [5.41, 5.74) is 0.573. The van der Waals surface area contributed by atoms with E-state index in [2.05, 4.69) is 20.1 Å². The highest BCUT2D eigenvalue weighted by Crippen LogP contribution is 2.24. The van der Waals surface area contributed by atoms with Crippen LogP contribution in [-0.2, 0) is 9.47 Å². The Morgan fingerprint density at radius 2 is 2.08 bits per heavy atom. The summed E-state index contributed by atoms with van der Waals surface area (Å²) in [6, 6.07) is 0. The van der Waals surface area contributed by atoms with Crippen LogP contribution in [0.25, 0.3) is 11.5 Å². The number of hydrogen-bond acceptors (Lipinski definition) is 8. The van der Waals surface area contributed by atoms with Gasteiger partial charge in [0.05, 0.1) is 24.3 Å². The van der Waals surface area contributed by atoms with E-state index in [0.29, 0.717) is 30.4 Å². The molecule has 3 heterocycles. The minimum absolute atomic E-state index is 0.106. The molecule has 10 heteroatoms. The molecule has 2 unspecified atom stereocenters. The maximum absolute atomic E-state index is 11.9. The van der Waals surface area contributed by atoms with Crippen molar-refractivity contribution in [3.05, 3.63) is 23.5 Å². The number of ether oxygens (including phenoxy) is 2. The number of halogens is 1. The van der Waals surface area contributed by atoms with Crippen LogP contribution in [0.15, 0.2) is 16.9 Å². The van der Waals surface area contributed by atoms with E-state index in [-0.39, 0.29) is 29.7 Å². The summed E-state index contributed by atoms with van der Waals surface area (Å²) < 4.78 is 16.4. The van der Waals surface area contributed by atoms with Gasteiger partial charge in [-0.2, -0.15) is 4.98 Å². The number of carbonyl (C=O) groups is 1. The predicted molar refractivity (Wildman–Crippen MR) is 91.4 cm³/mol. The van der Waals surface area contributed by atoms with Gasteiger partial charge in [0, 0.05) is 18.9 Å². The van der Waals surface area contributed by atoms with Gasteiger partial charge in [-0.25, -0.2) is 14.8 Å². The molecule has 9 nitrogen and oxygen atoms in total. The summed E-state index contributed by atoms with van der Waals surface area (Å²) in [5.74, 6) is 0.707. The number of amides is 1. The van der Waals surface area contributed by atoms with E-state index in [9.17, 15) is 4.79 Å². The van der Waals surface area contributed by atoms with Gasteiger partial charge in [0.15, 0.2) is 0 Å². The molecule has 2 aromatic heterocycles. The minimum atomic E-state index is -0.383. The molecule has 2 atom stereocenters. The van der Waals surface area contributed by atoms with Gasteiger partial charge in [0.2, 0.25) is 11.1 Å². The maximum atomic E-state index is 11.9.